The van der Waals surface area contributed by atoms with Crippen molar-refractivity contribution in [1.29, 1.82) is 0 Å². The lowest BCUT2D eigenvalue weighted by Crippen LogP contribution is -2.36. The number of hydrogen-bond acceptors (Lipinski definition) is 2. The number of amides is 1. The number of nitrogens with two attached hydrogens (primary N) is 1. The van der Waals surface area contributed by atoms with Crippen molar-refractivity contribution < 1.29 is 4.79 Å². The van der Waals surface area contributed by atoms with E-state index in [1.54, 1.807) is 24.3 Å². The van der Waals surface area contributed by atoms with E-state index in [1.165, 1.54) is 19.3 Å². The maximum atomic E-state index is 12.1. The normalized spacial score (nSPS) is 15.8. The topological polar surface area (TPSA) is 67.1 Å². The van der Waals surface area contributed by atoms with Gasteiger partial charge in [-0.3, -0.25) is 4.79 Å². The molecular formula is C14H19N3OS. The van der Waals surface area contributed by atoms with Gasteiger partial charge in [0.25, 0.3) is 5.91 Å². The summed E-state index contributed by atoms with van der Waals surface area (Å²) in [4.78, 5) is 12.1. The summed E-state index contributed by atoms with van der Waals surface area (Å²) < 4.78 is 0. The van der Waals surface area contributed by atoms with Crippen LogP contribution >= 0.6 is 12.2 Å². The fraction of sp³-hybridized carbons (Fsp3) is 0.429. The third-order valence-electron chi connectivity index (χ3n) is 3.36. The van der Waals surface area contributed by atoms with Crippen molar-refractivity contribution in [2.45, 2.75) is 38.1 Å². The molecule has 102 valence electrons. The van der Waals surface area contributed by atoms with Gasteiger partial charge in [0.15, 0.2) is 5.11 Å². The molecule has 0 aromatic heterocycles. The second-order valence-corrected chi connectivity index (χ2v) is 5.31. The molecule has 1 fully saturated rings. The molecule has 0 saturated heterocycles. The summed E-state index contributed by atoms with van der Waals surface area (Å²) in [5.74, 6) is -0.00576. The lowest BCUT2D eigenvalue weighted by atomic mass is 9.95. The summed E-state index contributed by atoms with van der Waals surface area (Å²) in [7, 11) is 0. The molecule has 0 radical (unpaired) electrons. The van der Waals surface area contributed by atoms with Crippen molar-refractivity contribution >= 4 is 28.9 Å². The van der Waals surface area contributed by atoms with Crippen LogP contribution in [0.5, 0.6) is 0 Å². The van der Waals surface area contributed by atoms with E-state index in [1.807, 2.05) is 0 Å². The Labute approximate surface area is 118 Å². The number of thiocarbonyl (C=S) groups is 1. The first kappa shape index (κ1) is 13.8. The summed E-state index contributed by atoms with van der Waals surface area (Å²) in [5.41, 5.74) is 6.85. The van der Waals surface area contributed by atoms with E-state index >= 15 is 0 Å². The summed E-state index contributed by atoms with van der Waals surface area (Å²) >= 11 is 4.76. The van der Waals surface area contributed by atoms with Crippen LogP contribution in [0.25, 0.3) is 0 Å². The minimum absolute atomic E-state index is 0.00576. The fourth-order valence-corrected chi connectivity index (χ4v) is 2.48. The molecule has 5 heteroatoms. The zero-order chi connectivity index (χ0) is 13.7. The number of anilines is 1. The van der Waals surface area contributed by atoms with Crippen LogP contribution < -0.4 is 16.4 Å². The van der Waals surface area contributed by atoms with Gasteiger partial charge in [0, 0.05) is 17.3 Å². The highest BCUT2D eigenvalue weighted by atomic mass is 32.1. The molecule has 0 bridgehead atoms. The molecule has 2 rings (SSSR count). The standard InChI is InChI=1S/C14H19N3OS/c15-14(19)17-12-8-6-10(7-9-12)13(18)16-11-4-2-1-3-5-11/h6-9,11H,1-5H2,(H,16,18)(H3,15,17,19). The van der Waals surface area contributed by atoms with Crippen LogP contribution in [0.4, 0.5) is 5.69 Å². The first-order chi connectivity index (χ1) is 9.15. The zero-order valence-electron chi connectivity index (χ0n) is 10.8. The second kappa shape index (κ2) is 6.52. The smallest absolute Gasteiger partial charge is 0.251 e. The molecule has 0 spiro atoms. The Kier molecular flexibility index (Phi) is 4.74. The van der Waals surface area contributed by atoms with E-state index < -0.39 is 0 Å². The molecule has 0 atom stereocenters. The van der Waals surface area contributed by atoms with Gasteiger partial charge < -0.3 is 16.4 Å². The summed E-state index contributed by atoms with van der Waals surface area (Å²) in [6.07, 6.45) is 5.88. The van der Waals surface area contributed by atoms with Gasteiger partial charge in [-0.05, 0) is 49.3 Å². The lowest BCUT2D eigenvalue weighted by molar-refractivity contribution is 0.0928. The fourth-order valence-electron chi connectivity index (χ4n) is 2.36. The molecule has 0 aliphatic heterocycles. The minimum Gasteiger partial charge on any atom is -0.376 e. The summed E-state index contributed by atoms with van der Waals surface area (Å²) in [6, 6.07) is 7.48. The minimum atomic E-state index is -0.00576. The Morgan fingerprint density at radius 3 is 2.37 bits per heavy atom. The third kappa shape index (κ3) is 4.21. The molecule has 19 heavy (non-hydrogen) atoms. The number of carbonyl (C=O) groups excluding carboxylic acids is 1. The summed E-state index contributed by atoms with van der Waals surface area (Å²) in [6.45, 7) is 0. The van der Waals surface area contributed by atoms with Gasteiger partial charge in [0.2, 0.25) is 0 Å². The van der Waals surface area contributed by atoms with Gasteiger partial charge in [-0.15, -0.1) is 0 Å². The van der Waals surface area contributed by atoms with Crippen molar-refractivity contribution in [3.8, 4) is 0 Å². The number of benzene rings is 1. The van der Waals surface area contributed by atoms with E-state index in [4.69, 9.17) is 18.0 Å². The molecule has 1 amide bonds. The molecule has 4 N–H and O–H groups in total. The van der Waals surface area contributed by atoms with Crippen LogP contribution in [-0.4, -0.2) is 17.1 Å². The number of carbonyl (C=O) groups is 1. The average molecular weight is 277 g/mol. The van der Waals surface area contributed by atoms with E-state index in [0.29, 0.717) is 11.6 Å². The maximum absolute atomic E-state index is 12.1. The van der Waals surface area contributed by atoms with E-state index in [0.717, 1.165) is 18.5 Å². The Morgan fingerprint density at radius 1 is 1.16 bits per heavy atom. The highest BCUT2D eigenvalue weighted by Crippen LogP contribution is 2.18. The molecule has 1 aliphatic rings. The Balaban J connectivity index is 1.93. The molecule has 1 aromatic rings. The molecule has 0 unspecified atom stereocenters. The van der Waals surface area contributed by atoms with Crippen molar-refractivity contribution in [2.24, 2.45) is 5.73 Å². The van der Waals surface area contributed by atoms with Crippen molar-refractivity contribution in [2.75, 3.05) is 5.32 Å². The SMILES string of the molecule is NC(=S)Nc1ccc(C(=O)NC2CCCCC2)cc1. The van der Waals surface area contributed by atoms with Crippen LogP contribution in [-0.2, 0) is 0 Å². The quantitative estimate of drug-likeness (QED) is 0.742. The molecular weight excluding hydrogens is 258 g/mol. The first-order valence-electron chi connectivity index (χ1n) is 6.62. The molecule has 4 nitrogen and oxygen atoms in total. The predicted octanol–water partition coefficient (Wildman–Crippen LogP) is 2.40. The van der Waals surface area contributed by atoms with Crippen LogP contribution in [0.2, 0.25) is 0 Å². The largest absolute Gasteiger partial charge is 0.376 e. The number of hydrogen-bond donors (Lipinski definition) is 3. The van der Waals surface area contributed by atoms with Crippen molar-refractivity contribution in [1.82, 2.24) is 5.32 Å². The maximum Gasteiger partial charge on any atom is 0.251 e. The Bertz CT molecular complexity index is 452. The van der Waals surface area contributed by atoms with Gasteiger partial charge in [-0.25, -0.2) is 0 Å². The molecule has 1 aliphatic carbocycles. The molecule has 0 heterocycles. The highest BCUT2D eigenvalue weighted by Gasteiger charge is 2.16. The molecule has 1 aromatic carbocycles. The van der Waals surface area contributed by atoms with Gasteiger partial charge in [-0.2, -0.15) is 0 Å². The predicted molar refractivity (Wildman–Crippen MR) is 81.2 cm³/mol. The van der Waals surface area contributed by atoms with E-state index in [9.17, 15) is 4.79 Å². The van der Waals surface area contributed by atoms with Gasteiger partial charge in [0.1, 0.15) is 0 Å². The highest BCUT2D eigenvalue weighted by molar-refractivity contribution is 7.80. The summed E-state index contributed by atoms with van der Waals surface area (Å²) in [5, 5.41) is 6.14. The van der Waals surface area contributed by atoms with Crippen LogP contribution in [0.1, 0.15) is 42.5 Å². The molecule has 1 saturated carbocycles. The van der Waals surface area contributed by atoms with E-state index in [-0.39, 0.29) is 11.0 Å². The van der Waals surface area contributed by atoms with Crippen LogP contribution in [0, 0.1) is 0 Å². The second-order valence-electron chi connectivity index (χ2n) is 4.87. The van der Waals surface area contributed by atoms with Crippen molar-refractivity contribution in [3.63, 3.8) is 0 Å². The Morgan fingerprint density at radius 2 is 1.79 bits per heavy atom. The zero-order valence-corrected chi connectivity index (χ0v) is 11.6. The Hall–Kier alpha value is -1.62. The lowest BCUT2D eigenvalue weighted by Gasteiger charge is -2.22. The van der Waals surface area contributed by atoms with Crippen LogP contribution in [0.3, 0.4) is 0 Å². The van der Waals surface area contributed by atoms with Gasteiger partial charge in [-0.1, -0.05) is 19.3 Å². The van der Waals surface area contributed by atoms with Gasteiger partial charge >= 0.3 is 0 Å². The first-order valence-corrected chi connectivity index (χ1v) is 7.03. The average Bonchev–Trinajstić information content (AvgIpc) is 2.40. The number of nitrogens with one attached hydrogen (secondary N) is 2. The monoisotopic (exact) mass is 277 g/mol. The number of rotatable bonds is 3. The third-order valence-corrected chi connectivity index (χ3v) is 3.46. The van der Waals surface area contributed by atoms with Crippen molar-refractivity contribution in [3.05, 3.63) is 29.8 Å². The van der Waals surface area contributed by atoms with Crippen LogP contribution in [0.15, 0.2) is 24.3 Å². The van der Waals surface area contributed by atoms with Gasteiger partial charge in [0.05, 0.1) is 0 Å². The van der Waals surface area contributed by atoms with E-state index in [2.05, 4.69) is 10.6 Å².